The van der Waals surface area contributed by atoms with Crippen molar-refractivity contribution in [2.75, 3.05) is 5.73 Å². The Morgan fingerprint density at radius 2 is 1.82 bits per heavy atom. The molecular formula is C15H19N2O4P. The molecule has 0 amide bonds. The van der Waals surface area contributed by atoms with Crippen molar-refractivity contribution >= 4 is 24.7 Å². The molecule has 2 rings (SSSR count). The Morgan fingerprint density at radius 1 is 1.18 bits per heavy atom. The standard InChI is InChI=1S/C13H13N2O4P.C2H6/c14-11-6-7-12(15(16)17)13(8-11)20(18)19-9-10-4-2-1-3-5-10;1-2/h1-8,20H,9,14H2;1-2H3. The first-order chi connectivity index (χ1) is 10.6. The van der Waals surface area contributed by atoms with Crippen LogP contribution in [0.2, 0.25) is 0 Å². The number of benzene rings is 2. The van der Waals surface area contributed by atoms with Gasteiger partial charge in [-0.25, -0.2) is 0 Å². The van der Waals surface area contributed by atoms with E-state index in [0.717, 1.165) is 5.56 Å². The molecule has 0 aliphatic carbocycles. The van der Waals surface area contributed by atoms with Crippen LogP contribution in [0.25, 0.3) is 0 Å². The minimum absolute atomic E-state index is 0.0379. The molecule has 2 N–H and O–H groups in total. The summed E-state index contributed by atoms with van der Waals surface area (Å²) >= 11 is 0. The zero-order valence-electron chi connectivity index (χ0n) is 12.5. The highest BCUT2D eigenvalue weighted by Crippen LogP contribution is 2.29. The quantitative estimate of drug-likeness (QED) is 0.393. The Bertz CT molecular complexity index is 647. The van der Waals surface area contributed by atoms with Gasteiger partial charge < -0.3 is 10.3 Å². The number of hydrogen-bond donors (Lipinski definition) is 1. The fourth-order valence-electron chi connectivity index (χ4n) is 1.68. The van der Waals surface area contributed by atoms with Crippen LogP contribution in [-0.4, -0.2) is 4.92 Å². The summed E-state index contributed by atoms with van der Waals surface area (Å²) in [6.07, 6.45) is 0. The van der Waals surface area contributed by atoms with E-state index in [1.807, 2.05) is 44.2 Å². The molecule has 0 aliphatic heterocycles. The van der Waals surface area contributed by atoms with E-state index in [4.69, 9.17) is 10.3 Å². The van der Waals surface area contributed by atoms with Crippen molar-refractivity contribution < 1.29 is 14.0 Å². The van der Waals surface area contributed by atoms with Gasteiger partial charge in [0, 0.05) is 11.8 Å². The lowest BCUT2D eigenvalue weighted by Gasteiger charge is -2.06. The molecule has 6 nitrogen and oxygen atoms in total. The average molecular weight is 322 g/mol. The van der Waals surface area contributed by atoms with Crippen LogP contribution in [0.5, 0.6) is 0 Å². The van der Waals surface area contributed by atoms with E-state index in [-0.39, 0.29) is 17.6 Å². The third-order valence-corrected chi connectivity index (χ3v) is 3.90. The molecule has 0 saturated heterocycles. The first-order valence-electron chi connectivity index (χ1n) is 6.83. The predicted molar refractivity (Wildman–Crippen MR) is 88.7 cm³/mol. The van der Waals surface area contributed by atoms with Crippen LogP contribution >= 0.6 is 8.03 Å². The van der Waals surface area contributed by atoms with E-state index in [2.05, 4.69) is 0 Å². The van der Waals surface area contributed by atoms with Gasteiger partial charge in [0.15, 0.2) is 0 Å². The molecule has 1 atom stereocenters. The van der Waals surface area contributed by atoms with Gasteiger partial charge in [0.2, 0.25) is 8.03 Å². The Labute approximate surface area is 129 Å². The number of nitro groups is 1. The zero-order chi connectivity index (χ0) is 16.5. The normalized spacial score (nSPS) is 11.2. The maximum atomic E-state index is 12.1. The minimum Gasteiger partial charge on any atom is -0.399 e. The first kappa shape index (κ1) is 17.9. The van der Waals surface area contributed by atoms with E-state index in [0.29, 0.717) is 5.69 Å². The van der Waals surface area contributed by atoms with Gasteiger partial charge in [-0.3, -0.25) is 14.7 Å². The zero-order valence-corrected chi connectivity index (χ0v) is 13.5. The van der Waals surface area contributed by atoms with Crippen LogP contribution < -0.4 is 11.0 Å². The number of rotatable bonds is 5. The number of nitrogens with zero attached hydrogens (tertiary/aromatic N) is 1. The number of nitrogens with two attached hydrogens (primary N) is 1. The van der Waals surface area contributed by atoms with E-state index in [9.17, 15) is 14.7 Å². The summed E-state index contributed by atoms with van der Waals surface area (Å²) in [5.74, 6) is 0. The van der Waals surface area contributed by atoms with Gasteiger partial charge >= 0.3 is 0 Å². The maximum Gasteiger partial charge on any atom is 0.282 e. The molecule has 0 spiro atoms. The van der Waals surface area contributed by atoms with E-state index < -0.39 is 13.0 Å². The van der Waals surface area contributed by atoms with Crippen molar-refractivity contribution in [2.24, 2.45) is 0 Å². The molecule has 0 saturated carbocycles. The summed E-state index contributed by atoms with van der Waals surface area (Å²) in [4.78, 5) is 10.3. The predicted octanol–water partition coefficient (Wildman–Crippen LogP) is 3.52. The molecule has 0 radical (unpaired) electrons. The Kier molecular flexibility index (Phi) is 7.29. The largest absolute Gasteiger partial charge is 0.399 e. The lowest BCUT2D eigenvalue weighted by molar-refractivity contribution is -0.383. The van der Waals surface area contributed by atoms with Crippen molar-refractivity contribution in [1.29, 1.82) is 0 Å². The minimum atomic E-state index is -2.73. The lowest BCUT2D eigenvalue weighted by atomic mass is 10.2. The van der Waals surface area contributed by atoms with Crippen molar-refractivity contribution in [3.63, 3.8) is 0 Å². The number of nitrogen functional groups attached to an aromatic ring is 1. The van der Waals surface area contributed by atoms with Crippen LogP contribution in [0.4, 0.5) is 11.4 Å². The van der Waals surface area contributed by atoms with Crippen molar-refractivity contribution in [1.82, 2.24) is 0 Å². The Hall–Kier alpha value is -2.17. The van der Waals surface area contributed by atoms with Crippen molar-refractivity contribution in [3.05, 3.63) is 64.2 Å². The van der Waals surface area contributed by atoms with E-state index in [1.165, 1.54) is 18.2 Å². The molecule has 1 unspecified atom stereocenters. The molecule has 0 aliphatic rings. The van der Waals surface area contributed by atoms with Gasteiger partial charge in [0.25, 0.3) is 5.69 Å². The summed E-state index contributed by atoms with van der Waals surface area (Å²) < 4.78 is 17.3. The molecule has 7 heteroatoms. The highest BCUT2D eigenvalue weighted by atomic mass is 31.1. The molecule has 118 valence electrons. The molecular weight excluding hydrogens is 303 g/mol. The fourth-order valence-corrected chi connectivity index (χ4v) is 2.80. The topological polar surface area (TPSA) is 95.5 Å². The number of anilines is 1. The van der Waals surface area contributed by atoms with Gasteiger partial charge in [0.1, 0.15) is 5.30 Å². The van der Waals surface area contributed by atoms with Gasteiger partial charge in [-0.15, -0.1) is 0 Å². The molecule has 0 aromatic heterocycles. The number of hydrogen-bond acceptors (Lipinski definition) is 5. The number of nitro benzene ring substituents is 1. The second-order valence-corrected chi connectivity index (χ2v) is 5.50. The van der Waals surface area contributed by atoms with Crippen LogP contribution in [0, 0.1) is 10.1 Å². The molecule has 0 bridgehead atoms. The Balaban J connectivity index is 0.00000116. The van der Waals surface area contributed by atoms with Crippen LogP contribution in [0.3, 0.4) is 0 Å². The lowest BCUT2D eigenvalue weighted by Crippen LogP contribution is -2.07. The molecule has 0 fully saturated rings. The Morgan fingerprint density at radius 3 is 2.41 bits per heavy atom. The van der Waals surface area contributed by atoms with Gasteiger partial charge in [-0.1, -0.05) is 44.2 Å². The summed E-state index contributed by atoms with van der Waals surface area (Å²) in [7, 11) is -2.73. The summed E-state index contributed by atoms with van der Waals surface area (Å²) in [6, 6.07) is 13.1. The molecule has 2 aromatic carbocycles. The van der Waals surface area contributed by atoms with Crippen molar-refractivity contribution in [3.8, 4) is 0 Å². The van der Waals surface area contributed by atoms with Crippen LogP contribution in [0.15, 0.2) is 48.5 Å². The van der Waals surface area contributed by atoms with Crippen LogP contribution in [-0.2, 0) is 15.7 Å². The highest BCUT2D eigenvalue weighted by Gasteiger charge is 2.19. The SMILES string of the molecule is CC.Nc1ccc([N+](=O)[O-])c([PH](=O)OCc2ccccc2)c1. The van der Waals surface area contributed by atoms with Gasteiger partial charge in [0.05, 0.1) is 11.5 Å². The van der Waals surface area contributed by atoms with Gasteiger partial charge in [-0.05, 0) is 17.7 Å². The van der Waals surface area contributed by atoms with Crippen LogP contribution in [0.1, 0.15) is 19.4 Å². The third-order valence-electron chi connectivity index (χ3n) is 2.65. The van der Waals surface area contributed by atoms with Crippen molar-refractivity contribution in [2.45, 2.75) is 20.5 Å². The summed E-state index contributed by atoms with van der Waals surface area (Å²) in [6.45, 7) is 4.13. The third kappa shape index (κ3) is 4.98. The second kappa shape index (κ2) is 8.97. The molecule has 2 aromatic rings. The van der Waals surface area contributed by atoms with E-state index >= 15 is 0 Å². The highest BCUT2D eigenvalue weighted by molar-refractivity contribution is 7.48. The second-order valence-electron chi connectivity index (χ2n) is 4.10. The van der Waals surface area contributed by atoms with E-state index in [1.54, 1.807) is 0 Å². The molecule has 22 heavy (non-hydrogen) atoms. The first-order valence-corrected chi connectivity index (χ1v) is 8.14. The summed E-state index contributed by atoms with van der Waals surface area (Å²) in [5, 5.41) is 10.9. The summed E-state index contributed by atoms with van der Waals surface area (Å²) in [5.41, 5.74) is 6.49. The van der Waals surface area contributed by atoms with Gasteiger partial charge in [-0.2, -0.15) is 0 Å². The monoisotopic (exact) mass is 322 g/mol. The average Bonchev–Trinajstić information content (AvgIpc) is 2.55. The molecule has 0 heterocycles. The fraction of sp³-hybridized carbons (Fsp3) is 0.200. The maximum absolute atomic E-state index is 12.1. The smallest absolute Gasteiger partial charge is 0.282 e.